The smallest absolute Gasteiger partial charge is 0.255 e. The standard InChI is InChI=1S/C29H37FN4O8/c1-28(2,3)27(41)33-19-12(7-8-32-4)18(30)13-9-11-10-14-20(34(5)6)23(37)17(26(31)40)25(39)29(14,42)24(38)15(11)21(35)16(13)22(19)36/h11,14,20,32,35-36,39,42H,7-10H2,1-6H3,(H2,31,40)(H,33,41)/t11-,14-,20-,29-/m0/s1. The molecule has 0 heterocycles. The highest BCUT2D eigenvalue weighted by molar-refractivity contribution is 6.24. The van der Waals surface area contributed by atoms with Gasteiger partial charge >= 0.3 is 0 Å². The van der Waals surface area contributed by atoms with E-state index in [1.54, 1.807) is 27.8 Å². The van der Waals surface area contributed by atoms with Crippen molar-refractivity contribution in [2.75, 3.05) is 33.0 Å². The second-order valence-electron chi connectivity index (χ2n) is 12.4. The van der Waals surface area contributed by atoms with Gasteiger partial charge in [0.15, 0.2) is 17.1 Å². The van der Waals surface area contributed by atoms with Crippen LogP contribution in [0.5, 0.6) is 5.75 Å². The second-order valence-corrected chi connectivity index (χ2v) is 12.4. The van der Waals surface area contributed by atoms with Gasteiger partial charge in [-0.3, -0.25) is 24.1 Å². The number of phenols is 1. The zero-order valence-electron chi connectivity index (χ0n) is 24.4. The average Bonchev–Trinajstić information content (AvgIpc) is 2.87. The molecule has 13 heteroatoms. The zero-order valence-corrected chi connectivity index (χ0v) is 24.4. The lowest BCUT2D eigenvalue weighted by molar-refractivity contribution is -0.153. The van der Waals surface area contributed by atoms with Crippen LogP contribution in [-0.4, -0.2) is 88.0 Å². The van der Waals surface area contributed by atoms with Gasteiger partial charge < -0.3 is 36.8 Å². The normalized spacial score (nSPS) is 25.8. The molecular weight excluding hydrogens is 551 g/mol. The number of phenolic OH excluding ortho intramolecular Hbond substituents is 1. The Labute approximate surface area is 242 Å². The van der Waals surface area contributed by atoms with Gasteiger partial charge in [-0.05, 0) is 52.9 Å². The molecule has 12 nitrogen and oxygen atoms in total. The van der Waals surface area contributed by atoms with E-state index in [1.165, 1.54) is 19.0 Å². The summed E-state index contributed by atoms with van der Waals surface area (Å²) in [7, 11) is 4.64. The summed E-state index contributed by atoms with van der Waals surface area (Å²) < 4.78 is 16.3. The largest absolute Gasteiger partial charge is 0.508 e. The van der Waals surface area contributed by atoms with E-state index in [2.05, 4.69) is 10.6 Å². The molecule has 2 amide bonds. The minimum absolute atomic E-state index is 0.00113. The Morgan fingerprint density at radius 3 is 2.31 bits per heavy atom. The predicted octanol–water partition coefficient (Wildman–Crippen LogP) is 0.850. The van der Waals surface area contributed by atoms with Gasteiger partial charge in [0, 0.05) is 28.0 Å². The zero-order chi connectivity index (χ0) is 31.6. The van der Waals surface area contributed by atoms with Crippen molar-refractivity contribution in [1.82, 2.24) is 10.2 Å². The topological polar surface area (TPSA) is 203 Å². The Hall–Kier alpha value is -3.81. The van der Waals surface area contributed by atoms with E-state index in [0.717, 1.165) is 0 Å². The fraction of sp³-hybridized carbons (Fsp3) is 0.517. The number of fused-ring (bicyclic) bond motifs is 3. The van der Waals surface area contributed by atoms with Crippen LogP contribution in [0.15, 0.2) is 16.9 Å². The molecule has 1 saturated carbocycles. The van der Waals surface area contributed by atoms with Crippen LogP contribution in [0.4, 0.5) is 10.1 Å². The molecule has 3 aliphatic carbocycles. The number of aliphatic hydroxyl groups excluding tert-OH is 2. The number of aliphatic hydroxyl groups is 3. The first-order valence-corrected chi connectivity index (χ1v) is 13.6. The molecule has 0 saturated heterocycles. The van der Waals surface area contributed by atoms with Gasteiger partial charge in [0.25, 0.3) is 5.91 Å². The number of carbonyl (C=O) groups is 4. The summed E-state index contributed by atoms with van der Waals surface area (Å²) in [5, 5.41) is 50.9. The molecule has 1 aromatic carbocycles. The first-order chi connectivity index (χ1) is 19.4. The molecular formula is C29H37FN4O8. The molecule has 0 unspecified atom stereocenters. The maximum Gasteiger partial charge on any atom is 0.255 e. The number of ketones is 2. The molecule has 3 aliphatic rings. The monoisotopic (exact) mass is 588 g/mol. The lowest BCUT2D eigenvalue weighted by Gasteiger charge is -2.50. The highest BCUT2D eigenvalue weighted by Gasteiger charge is 2.64. The third kappa shape index (κ3) is 4.46. The van der Waals surface area contributed by atoms with Crippen LogP contribution in [0.3, 0.4) is 0 Å². The van der Waals surface area contributed by atoms with Gasteiger partial charge in [-0.25, -0.2) is 4.39 Å². The number of benzene rings is 1. The molecule has 1 aromatic rings. The van der Waals surface area contributed by atoms with Crippen molar-refractivity contribution in [1.29, 1.82) is 0 Å². The van der Waals surface area contributed by atoms with E-state index < -0.39 is 92.1 Å². The molecule has 0 aliphatic heterocycles. The Kier molecular flexibility index (Phi) is 7.76. The van der Waals surface area contributed by atoms with Crippen LogP contribution in [0.2, 0.25) is 0 Å². The van der Waals surface area contributed by atoms with Crippen molar-refractivity contribution in [2.45, 2.75) is 51.7 Å². The summed E-state index contributed by atoms with van der Waals surface area (Å²) in [6, 6.07) is -1.25. The molecule has 0 bridgehead atoms. The van der Waals surface area contributed by atoms with E-state index in [-0.39, 0.29) is 42.6 Å². The van der Waals surface area contributed by atoms with E-state index >= 15 is 4.39 Å². The number of primary amides is 1. The molecule has 0 aromatic heterocycles. The van der Waals surface area contributed by atoms with Crippen molar-refractivity contribution >= 4 is 34.8 Å². The maximum absolute atomic E-state index is 16.3. The van der Waals surface area contributed by atoms with E-state index in [0.29, 0.717) is 0 Å². The molecule has 8 N–H and O–H groups in total. The molecule has 228 valence electrons. The summed E-state index contributed by atoms with van der Waals surface area (Å²) in [6.45, 7) is 5.16. The number of Topliss-reactive ketones (excluding diaryl/α,β-unsaturated/α-hetero) is 2. The second kappa shape index (κ2) is 10.5. The highest BCUT2D eigenvalue weighted by Crippen LogP contribution is 2.54. The minimum Gasteiger partial charge on any atom is -0.508 e. The van der Waals surface area contributed by atoms with Crippen molar-refractivity contribution in [3.05, 3.63) is 39.4 Å². The van der Waals surface area contributed by atoms with E-state index in [4.69, 9.17) is 5.73 Å². The fourth-order valence-corrected chi connectivity index (χ4v) is 6.31. The molecule has 1 fully saturated rings. The van der Waals surface area contributed by atoms with Crippen LogP contribution < -0.4 is 16.4 Å². The van der Waals surface area contributed by atoms with Gasteiger partial charge in [0.1, 0.15) is 22.9 Å². The number of hydrogen-bond acceptors (Lipinski definition) is 10. The lowest BCUT2D eigenvalue weighted by atomic mass is 9.57. The van der Waals surface area contributed by atoms with Gasteiger partial charge in [-0.2, -0.15) is 0 Å². The van der Waals surface area contributed by atoms with Gasteiger partial charge in [-0.1, -0.05) is 20.8 Å². The van der Waals surface area contributed by atoms with Crippen LogP contribution in [0.25, 0.3) is 5.76 Å². The van der Waals surface area contributed by atoms with E-state index in [9.17, 15) is 39.6 Å². The van der Waals surface area contributed by atoms with Crippen LogP contribution in [0, 0.1) is 23.1 Å². The van der Waals surface area contributed by atoms with E-state index in [1.807, 2.05) is 0 Å². The van der Waals surface area contributed by atoms with Crippen LogP contribution >= 0.6 is 0 Å². The summed E-state index contributed by atoms with van der Waals surface area (Å²) in [4.78, 5) is 53.6. The molecule has 42 heavy (non-hydrogen) atoms. The maximum atomic E-state index is 16.3. The number of nitrogens with zero attached hydrogens (tertiary/aromatic N) is 1. The first-order valence-electron chi connectivity index (χ1n) is 13.6. The van der Waals surface area contributed by atoms with Crippen LogP contribution in [0.1, 0.15) is 43.9 Å². The van der Waals surface area contributed by atoms with Gasteiger partial charge in [-0.15, -0.1) is 0 Å². The summed E-state index contributed by atoms with van der Waals surface area (Å²) in [6.07, 6.45) is -0.299. The number of hydrogen-bond donors (Lipinski definition) is 7. The predicted molar refractivity (Wildman–Crippen MR) is 150 cm³/mol. The Morgan fingerprint density at radius 2 is 1.79 bits per heavy atom. The number of carbonyl (C=O) groups excluding carboxylic acids is 4. The quantitative estimate of drug-likeness (QED) is 0.184. The highest BCUT2D eigenvalue weighted by atomic mass is 19.1. The lowest BCUT2D eigenvalue weighted by Crippen LogP contribution is -2.65. The van der Waals surface area contributed by atoms with Gasteiger partial charge in [0.05, 0.1) is 17.3 Å². The number of likely N-dealkylation sites (N-methyl/N-ethyl adjacent to an activating group) is 2. The number of amides is 2. The van der Waals surface area contributed by atoms with Crippen molar-refractivity contribution in [3.63, 3.8) is 0 Å². The van der Waals surface area contributed by atoms with Gasteiger partial charge in [0.2, 0.25) is 11.7 Å². The fourth-order valence-electron chi connectivity index (χ4n) is 6.31. The van der Waals surface area contributed by atoms with Crippen molar-refractivity contribution in [3.8, 4) is 5.75 Å². The molecule has 4 atom stereocenters. The summed E-state index contributed by atoms with van der Waals surface area (Å²) >= 11 is 0. The Balaban J connectivity index is 1.98. The number of nitrogens with one attached hydrogen (secondary N) is 2. The third-order valence-corrected chi connectivity index (χ3v) is 8.47. The average molecular weight is 589 g/mol. The number of anilines is 1. The molecule has 0 spiro atoms. The summed E-state index contributed by atoms with van der Waals surface area (Å²) in [5.41, 5.74) is -0.524. The Bertz CT molecular complexity index is 1470. The SMILES string of the molecule is CNCCc1c(F)c2c(c(O)c1NC(=O)C(C)(C)C)C(O)=C1C(=O)[C@]3(O)C(O)=C(C(N)=O)C(=O)[C@@H](N(C)C)[C@@H]3C[C@@H]1C2. The number of nitrogens with two attached hydrogens (primary N) is 1. The Morgan fingerprint density at radius 1 is 1.17 bits per heavy atom. The van der Waals surface area contributed by atoms with Crippen molar-refractivity contribution < 1.29 is 44.0 Å². The first kappa shape index (κ1) is 31.1. The number of rotatable bonds is 6. The third-order valence-electron chi connectivity index (χ3n) is 8.47. The summed E-state index contributed by atoms with van der Waals surface area (Å²) in [5.74, 6) is -9.66. The van der Waals surface area contributed by atoms with Crippen LogP contribution in [-0.2, 0) is 32.0 Å². The molecule has 0 radical (unpaired) electrons. The van der Waals surface area contributed by atoms with Crippen molar-refractivity contribution in [2.24, 2.45) is 23.0 Å². The molecule has 4 rings (SSSR count). The minimum atomic E-state index is -2.81. The number of halogens is 1. The number of aromatic hydroxyl groups is 1.